The largest absolute Gasteiger partial charge is 0.377 e. The first kappa shape index (κ1) is 30.2. The van der Waals surface area contributed by atoms with Crippen LogP contribution in [0.5, 0.6) is 0 Å². The van der Waals surface area contributed by atoms with Crippen molar-refractivity contribution in [3.05, 3.63) is 112 Å². The number of nitriles is 1. The zero-order valence-electron chi connectivity index (χ0n) is 26.5. The lowest BCUT2D eigenvalue weighted by molar-refractivity contribution is 0.0866. The topological polar surface area (TPSA) is 94.7 Å². The molecule has 46 heavy (non-hydrogen) atoms. The number of likely N-dealkylation sites (tertiary alicyclic amines) is 1. The van der Waals surface area contributed by atoms with Crippen molar-refractivity contribution in [2.75, 3.05) is 23.7 Å². The van der Waals surface area contributed by atoms with Gasteiger partial charge in [0.1, 0.15) is 11.8 Å². The Labute approximate surface area is 275 Å². The van der Waals surface area contributed by atoms with Gasteiger partial charge in [0, 0.05) is 35.9 Å². The second-order valence-electron chi connectivity index (χ2n) is 13.4. The van der Waals surface area contributed by atoms with Gasteiger partial charge in [-0.25, -0.2) is 4.68 Å². The van der Waals surface area contributed by atoms with Crippen molar-refractivity contribution in [1.82, 2.24) is 24.9 Å². The number of aryl methyl sites for hydroxylation is 1. The Bertz CT molecular complexity index is 1900. The first-order chi connectivity index (χ1) is 22.3. The number of pyridine rings is 1. The van der Waals surface area contributed by atoms with Crippen LogP contribution in [0.2, 0.25) is 5.02 Å². The van der Waals surface area contributed by atoms with Crippen molar-refractivity contribution in [2.24, 2.45) is 0 Å². The number of piperidine rings is 1. The van der Waals surface area contributed by atoms with Crippen LogP contribution < -0.4 is 10.6 Å². The lowest BCUT2D eigenvalue weighted by atomic mass is 9.98. The maximum atomic E-state index is 10.1. The molecule has 0 saturated carbocycles. The molecule has 3 aromatic carbocycles. The monoisotopic (exact) mass is 630 g/mol. The number of nitrogens with zero attached hydrogens (tertiary/aromatic N) is 6. The standard InChI is InChI=1S/C37H39ClN8/c1-37(2,3)45-17-15-28(16-18-45)46-23-33(43-44-46)35(25-10-5-4-6-11-25)41-27-19-30-34(26(21-39)22-40-36(30)31(38)20-27)42-32-14-13-24-9-7-8-12-29(24)32/h4-12,19-20,22-23,28,32,35,41H,13-18H2,1-3H3,(H,40,42)/t32-,35?/m0/s1. The Morgan fingerprint density at radius 1 is 1.00 bits per heavy atom. The molecular weight excluding hydrogens is 592 g/mol. The predicted molar refractivity (Wildman–Crippen MR) is 184 cm³/mol. The Hall–Kier alpha value is -4.45. The summed E-state index contributed by atoms with van der Waals surface area (Å²) < 4.78 is 2.05. The number of halogens is 1. The Kier molecular flexibility index (Phi) is 8.14. The lowest BCUT2D eigenvalue weighted by Crippen LogP contribution is -2.46. The maximum Gasteiger partial charge on any atom is 0.109 e. The highest BCUT2D eigenvalue weighted by atomic mass is 35.5. The molecule has 2 aliphatic rings. The molecule has 1 fully saturated rings. The summed E-state index contributed by atoms with van der Waals surface area (Å²) in [7, 11) is 0. The van der Waals surface area contributed by atoms with Gasteiger partial charge in [-0.2, -0.15) is 5.26 Å². The van der Waals surface area contributed by atoms with Crippen LogP contribution in [0.3, 0.4) is 0 Å². The van der Waals surface area contributed by atoms with Crippen molar-refractivity contribution in [3.63, 3.8) is 0 Å². The molecule has 1 saturated heterocycles. The second kappa shape index (κ2) is 12.4. The van der Waals surface area contributed by atoms with Crippen LogP contribution in [-0.4, -0.2) is 43.5 Å². The van der Waals surface area contributed by atoms with E-state index in [1.807, 2.05) is 35.0 Å². The van der Waals surface area contributed by atoms with Crippen LogP contribution in [-0.2, 0) is 6.42 Å². The molecule has 7 rings (SSSR count). The van der Waals surface area contributed by atoms with E-state index in [1.54, 1.807) is 6.20 Å². The Balaban J connectivity index is 1.22. The lowest BCUT2D eigenvalue weighted by Gasteiger charge is -2.40. The molecule has 0 bridgehead atoms. The number of rotatable bonds is 7. The molecule has 1 aliphatic carbocycles. The van der Waals surface area contributed by atoms with Gasteiger partial charge in [-0.05, 0) is 75.3 Å². The van der Waals surface area contributed by atoms with E-state index < -0.39 is 0 Å². The molecule has 2 N–H and O–H groups in total. The van der Waals surface area contributed by atoms with Crippen molar-refractivity contribution in [1.29, 1.82) is 5.26 Å². The summed E-state index contributed by atoms with van der Waals surface area (Å²) in [4.78, 5) is 7.13. The summed E-state index contributed by atoms with van der Waals surface area (Å²) in [6.45, 7) is 8.92. The zero-order valence-corrected chi connectivity index (χ0v) is 27.3. The van der Waals surface area contributed by atoms with E-state index in [2.05, 4.69) is 100 Å². The molecule has 5 aromatic rings. The normalized spacial score (nSPS) is 17.8. The zero-order chi connectivity index (χ0) is 31.8. The van der Waals surface area contributed by atoms with E-state index in [4.69, 9.17) is 11.6 Å². The molecule has 1 aliphatic heterocycles. The minimum atomic E-state index is -0.261. The van der Waals surface area contributed by atoms with Gasteiger partial charge in [0.25, 0.3) is 0 Å². The van der Waals surface area contributed by atoms with E-state index >= 15 is 0 Å². The molecular formula is C37H39ClN8. The molecule has 234 valence electrons. The molecule has 0 radical (unpaired) electrons. The summed E-state index contributed by atoms with van der Waals surface area (Å²) >= 11 is 6.90. The number of hydrogen-bond acceptors (Lipinski definition) is 7. The van der Waals surface area contributed by atoms with Crippen LogP contribution in [0, 0.1) is 11.3 Å². The highest BCUT2D eigenvalue weighted by Gasteiger charge is 2.29. The SMILES string of the molecule is CC(C)(C)N1CCC(n2cc(C(Nc3cc(Cl)c4ncc(C#N)c(N[C@H]5CCc6ccccc65)c4c3)c3ccccc3)nn2)CC1. The highest BCUT2D eigenvalue weighted by molar-refractivity contribution is 6.35. The first-order valence-corrected chi connectivity index (χ1v) is 16.5. The quantitative estimate of drug-likeness (QED) is 0.188. The number of benzene rings is 3. The van der Waals surface area contributed by atoms with Gasteiger partial charge in [-0.3, -0.25) is 9.88 Å². The van der Waals surface area contributed by atoms with E-state index in [1.165, 1.54) is 11.1 Å². The predicted octanol–water partition coefficient (Wildman–Crippen LogP) is 8.09. The molecule has 0 amide bonds. The van der Waals surface area contributed by atoms with Gasteiger partial charge >= 0.3 is 0 Å². The fourth-order valence-corrected chi connectivity index (χ4v) is 7.28. The summed E-state index contributed by atoms with van der Waals surface area (Å²) in [5.74, 6) is 0. The number of nitrogens with one attached hydrogen (secondary N) is 2. The fraction of sp³-hybridized carbons (Fsp3) is 0.351. The van der Waals surface area contributed by atoms with Crippen LogP contribution in [0.15, 0.2) is 79.1 Å². The maximum absolute atomic E-state index is 10.1. The minimum absolute atomic E-state index is 0.103. The average molecular weight is 631 g/mol. The average Bonchev–Trinajstić information content (AvgIpc) is 3.72. The van der Waals surface area contributed by atoms with Crippen LogP contribution >= 0.6 is 11.6 Å². The van der Waals surface area contributed by atoms with Gasteiger partial charge in [-0.1, -0.05) is 71.4 Å². The molecule has 2 atom stereocenters. The number of fused-ring (bicyclic) bond motifs is 2. The highest BCUT2D eigenvalue weighted by Crippen LogP contribution is 2.40. The van der Waals surface area contributed by atoms with E-state index in [0.29, 0.717) is 22.1 Å². The molecule has 0 spiro atoms. The summed E-state index contributed by atoms with van der Waals surface area (Å²) in [5, 5.41) is 28.1. The number of anilines is 2. The second-order valence-corrected chi connectivity index (χ2v) is 13.9. The smallest absolute Gasteiger partial charge is 0.109 e. The number of aromatic nitrogens is 4. The van der Waals surface area contributed by atoms with Crippen LogP contribution in [0.4, 0.5) is 11.4 Å². The van der Waals surface area contributed by atoms with Crippen molar-refractivity contribution >= 4 is 33.9 Å². The summed E-state index contributed by atoms with van der Waals surface area (Å²) in [6.07, 6.45) is 7.74. The van der Waals surface area contributed by atoms with Gasteiger partial charge in [-0.15, -0.1) is 5.10 Å². The van der Waals surface area contributed by atoms with E-state index in [-0.39, 0.29) is 17.6 Å². The molecule has 2 aromatic heterocycles. The van der Waals surface area contributed by atoms with Crippen molar-refractivity contribution in [2.45, 2.75) is 70.1 Å². The summed E-state index contributed by atoms with van der Waals surface area (Å²) in [6, 6.07) is 25.2. The van der Waals surface area contributed by atoms with Gasteiger partial charge in [0.15, 0.2) is 0 Å². The summed E-state index contributed by atoms with van der Waals surface area (Å²) in [5.41, 5.74) is 7.40. The third-order valence-corrected chi connectivity index (χ3v) is 9.84. The minimum Gasteiger partial charge on any atom is -0.377 e. The molecule has 8 nitrogen and oxygen atoms in total. The van der Waals surface area contributed by atoms with Gasteiger partial charge in [0.2, 0.25) is 0 Å². The van der Waals surface area contributed by atoms with Crippen LogP contribution in [0.25, 0.3) is 10.9 Å². The van der Waals surface area contributed by atoms with E-state index in [9.17, 15) is 5.26 Å². The Morgan fingerprint density at radius 3 is 2.52 bits per heavy atom. The first-order valence-electron chi connectivity index (χ1n) is 16.1. The fourth-order valence-electron chi connectivity index (χ4n) is 7.01. The van der Waals surface area contributed by atoms with Crippen molar-refractivity contribution < 1.29 is 0 Å². The van der Waals surface area contributed by atoms with Crippen LogP contribution in [0.1, 0.15) is 86.1 Å². The van der Waals surface area contributed by atoms with Gasteiger partial charge < -0.3 is 10.6 Å². The number of hydrogen-bond donors (Lipinski definition) is 2. The Morgan fingerprint density at radius 2 is 1.76 bits per heavy atom. The molecule has 1 unspecified atom stereocenters. The van der Waals surface area contributed by atoms with Gasteiger partial charge in [0.05, 0.1) is 46.1 Å². The molecule has 3 heterocycles. The third-order valence-electron chi connectivity index (χ3n) is 9.55. The third kappa shape index (κ3) is 5.93. The molecule has 9 heteroatoms. The van der Waals surface area contributed by atoms with Crippen molar-refractivity contribution in [3.8, 4) is 6.07 Å². The van der Waals surface area contributed by atoms with E-state index in [0.717, 1.165) is 66.8 Å².